The molecule has 1 aliphatic carbocycles. The molecule has 0 aromatic heterocycles. The van der Waals surface area contributed by atoms with E-state index in [1.54, 1.807) is 0 Å². The topological polar surface area (TPSA) is 38.3 Å². The van der Waals surface area contributed by atoms with Crippen molar-refractivity contribution in [1.29, 1.82) is 0 Å². The quantitative estimate of drug-likeness (QED) is 0.746. The standard InChI is InChI=1S/C23H34ClNO2/c1-15(2)21(26)25-23(5)14-22(4,13-17-7-9-18(24)10-8-17)27-20-12-16(3)6-11-19(20)23/h7-10,15-16,19-20H,6,11-14H2,1-5H3,(H,25,26)/t16-,19-,20-,22+,23-/m1/s1. The summed E-state index contributed by atoms with van der Waals surface area (Å²) in [5, 5.41) is 4.17. The van der Waals surface area contributed by atoms with E-state index < -0.39 is 0 Å². The largest absolute Gasteiger partial charge is 0.371 e. The maximum Gasteiger partial charge on any atom is 0.222 e. The normalized spacial score (nSPS) is 36.3. The lowest BCUT2D eigenvalue weighted by molar-refractivity contribution is -0.193. The van der Waals surface area contributed by atoms with Gasteiger partial charge in [0.15, 0.2) is 0 Å². The number of hydrogen-bond donors (Lipinski definition) is 1. The highest BCUT2D eigenvalue weighted by atomic mass is 35.5. The number of carbonyl (C=O) groups excluding carboxylic acids is 1. The smallest absolute Gasteiger partial charge is 0.222 e. The molecule has 150 valence electrons. The Morgan fingerprint density at radius 1 is 1.26 bits per heavy atom. The van der Waals surface area contributed by atoms with Crippen LogP contribution in [0.4, 0.5) is 0 Å². The molecule has 4 heteroatoms. The van der Waals surface area contributed by atoms with Crippen molar-refractivity contribution in [1.82, 2.24) is 5.32 Å². The highest BCUT2D eigenvalue weighted by molar-refractivity contribution is 6.30. The van der Waals surface area contributed by atoms with E-state index in [0.29, 0.717) is 11.8 Å². The molecule has 3 rings (SSSR count). The fourth-order valence-corrected chi connectivity index (χ4v) is 5.33. The number of fused-ring (bicyclic) bond motifs is 1. The first-order valence-corrected chi connectivity index (χ1v) is 10.7. The van der Waals surface area contributed by atoms with Gasteiger partial charge in [0.25, 0.3) is 0 Å². The van der Waals surface area contributed by atoms with Gasteiger partial charge in [-0.25, -0.2) is 0 Å². The van der Waals surface area contributed by atoms with Crippen molar-refractivity contribution in [3.8, 4) is 0 Å². The third-order valence-electron chi connectivity index (χ3n) is 6.47. The van der Waals surface area contributed by atoms with E-state index in [4.69, 9.17) is 16.3 Å². The maximum absolute atomic E-state index is 12.6. The van der Waals surface area contributed by atoms with Crippen LogP contribution in [0.5, 0.6) is 0 Å². The van der Waals surface area contributed by atoms with E-state index in [0.717, 1.165) is 30.7 Å². The predicted molar refractivity (Wildman–Crippen MR) is 111 cm³/mol. The Hall–Kier alpha value is -1.06. The Bertz CT molecular complexity index is 673. The first-order valence-electron chi connectivity index (χ1n) is 10.3. The maximum atomic E-state index is 12.6. The van der Waals surface area contributed by atoms with Crippen LogP contribution in [-0.4, -0.2) is 23.2 Å². The van der Waals surface area contributed by atoms with Gasteiger partial charge in [-0.2, -0.15) is 0 Å². The Morgan fingerprint density at radius 3 is 2.56 bits per heavy atom. The monoisotopic (exact) mass is 391 g/mol. The van der Waals surface area contributed by atoms with Gasteiger partial charge >= 0.3 is 0 Å². The molecule has 0 spiro atoms. The van der Waals surface area contributed by atoms with Crippen LogP contribution in [0.1, 0.15) is 65.9 Å². The summed E-state index contributed by atoms with van der Waals surface area (Å²) in [6.45, 7) is 10.7. The minimum Gasteiger partial charge on any atom is -0.371 e. The molecule has 5 atom stereocenters. The van der Waals surface area contributed by atoms with Crippen molar-refractivity contribution in [2.45, 2.75) is 84.0 Å². The molecule has 1 amide bonds. The van der Waals surface area contributed by atoms with Gasteiger partial charge in [0.05, 0.1) is 11.7 Å². The summed E-state index contributed by atoms with van der Waals surface area (Å²) in [5.74, 6) is 1.20. The second kappa shape index (κ2) is 7.75. The summed E-state index contributed by atoms with van der Waals surface area (Å²) in [5.41, 5.74) is 0.693. The lowest BCUT2D eigenvalue weighted by Gasteiger charge is -2.56. The highest BCUT2D eigenvalue weighted by Gasteiger charge is 2.53. The van der Waals surface area contributed by atoms with Gasteiger partial charge in [0.2, 0.25) is 5.91 Å². The lowest BCUT2D eigenvalue weighted by atomic mass is 9.64. The van der Waals surface area contributed by atoms with Crippen molar-refractivity contribution in [2.24, 2.45) is 17.8 Å². The minimum atomic E-state index is -0.301. The van der Waals surface area contributed by atoms with Crippen LogP contribution in [-0.2, 0) is 16.0 Å². The van der Waals surface area contributed by atoms with Gasteiger partial charge in [0.1, 0.15) is 0 Å². The molecule has 0 bridgehead atoms. The van der Waals surface area contributed by atoms with Gasteiger partial charge in [-0.3, -0.25) is 4.79 Å². The molecule has 2 aliphatic rings. The number of halogens is 1. The predicted octanol–water partition coefficient (Wildman–Crippen LogP) is 5.40. The van der Waals surface area contributed by atoms with Gasteiger partial charge in [-0.1, -0.05) is 50.9 Å². The lowest BCUT2D eigenvalue weighted by Crippen LogP contribution is -2.65. The first-order chi connectivity index (χ1) is 12.6. The summed E-state index contributed by atoms with van der Waals surface area (Å²) >= 11 is 6.05. The summed E-state index contributed by atoms with van der Waals surface area (Å²) in [4.78, 5) is 12.6. The van der Waals surface area contributed by atoms with Crippen LogP contribution in [0.3, 0.4) is 0 Å². The molecule has 2 fully saturated rings. The van der Waals surface area contributed by atoms with Crippen LogP contribution < -0.4 is 5.32 Å². The number of amides is 1. The molecule has 1 aromatic carbocycles. The van der Waals surface area contributed by atoms with Crippen molar-refractivity contribution >= 4 is 17.5 Å². The average molecular weight is 392 g/mol. The van der Waals surface area contributed by atoms with E-state index in [1.807, 2.05) is 26.0 Å². The van der Waals surface area contributed by atoms with Crippen molar-refractivity contribution < 1.29 is 9.53 Å². The number of nitrogens with one attached hydrogen (secondary N) is 1. The Balaban J connectivity index is 1.87. The molecular formula is C23H34ClNO2. The van der Waals surface area contributed by atoms with Crippen molar-refractivity contribution in [2.75, 3.05) is 0 Å². The Kier molecular flexibility index (Phi) is 5.93. The van der Waals surface area contributed by atoms with Gasteiger partial charge < -0.3 is 10.1 Å². The zero-order valence-corrected chi connectivity index (χ0v) is 18.1. The average Bonchev–Trinajstić information content (AvgIpc) is 2.55. The number of benzene rings is 1. The zero-order valence-electron chi connectivity index (χ0n) is 17.3. The van der Waals surface area contributed by atoms with Crippen molar-refractivity contribution in [3.05, 3.63) is 34.9 Å². The third-order valence-corrected chi connectivity index (χ3v) is 6.73. The number of ether oxygens (including phenoxy) is 1. The molecule has 1 saturated heterocycles. The fourth-order valence-electron chi connectivity index (χ4n) is 5.20. The molecule has 3 nitrogen and oxygen atoms in total. The molecule has 0 unspecified atom stereocenters. The molecule has 0 radical (unpaired) electrons. The molecule has 1 heterocycles. The van der Waals surface area contributed by atoms with Crippen molar-refractivity contribution in [3.63, 3.8) is 0 Å². The summed E-state index contributed by atoms with van der Waals surface area (Å²) in [6, 6.07) is 8.04. The van der Waals surface area contributed by atoms with Crippen LogP contribution in [0.25, 0.3) is 0 Å². The second-order valence-electron chi connectivity index (χ2n) is 9.67. The third kappa shape index (κ3) is 4.68. The minimum absolute atomic E-state index is 0.00634. The van der Waals surface area contributed by atoms with Gasteiger partial charge in [-0.15, -0.1) is 0 Å². The summed E-state index contributed by atoms with van der Waals surface area (Å²) in [6.07, 6.45) is 5.28. The van der Waals surface area contributed by atoms with Crippen LogP contribution in [0, 0.1) is 17.8 Å². The summed E-state index contributed by atoms with van der Waals surface area (Å²) in [7, 11) is 0. The molecule has 1 N–H and O–H groups in total. The number of rotatable bonds is 4. The van der Waals surface area contributed by atoms with Crippen LogP contribution in [0.15, 0.2) is 24.3 Å². The number of hydrogen-bond acceptors (Lipinski definition) is 2. The van der Waals surface area contributed by atoms with E-state index in [2.05, 4.69) is 38.2 Å². The van der Waals surface area contributed by atoms with Gasteiger partial charge in [-0.05, 0) is 56.7 Å². The van der Waals surface area contributed by atoms with Crippen LogP contribution >= 0.6 is 11.6 Å². The Morgan fingerprint density at radius 2 is 1.93 bits per heavy atom. The Labute approximate surface area is 169 Å². The second-order valence-corrected chi connectivity index (χ2v) is 10.1. The molecule has 1 aromatic rings. The number of carbonyl (C=O) groups is 1. The molecule has 1 saturated carbocycles. The molecular weight excluding hydrogens is 358 g/mol. The molecule has 27 heavy (non-hydrogen) atoms. The van der Waals surface area contributed by atoms with E-state index in [9.17, 15) is 4.79 Å². The fraction of sp³-hybridized carbons (Fsp3) is 0.696. The molecule has 1 aliphatic heterocycles. The van der Waals surface area contributed by atoms with E-state index >= 15 is 0 Å². The van der Waals surface area contributed by atoms with E-state index in [1.165, 1.54) is 12.0 Å². The summed E-state index contributed by atoms with van der Waals surface area (Å²) < 4.78 is 6.74. The first kappa shape index (κ1) is 20.7. The van der Waals surface area contributed by atoms with Crippen LogP contribution in [0.2, 0.25) is 5.02 Å². The zero-order chi connectivity index (χ0) is 19.8. The van der Waals surface area contributed by atoms with E-state index in [-0.39, 0.29) is 29.1 Å². The SMILES string of the molecule is CC(C)C(=O)N[C@]1(C)C[C@](C)(Cc2ccc(Cl)cc2)O[C@@H]2C[C@H](C)CC[C@H]21. The highest BCUT2D eigenvalue weighted by Crippen LogP contribution is 2.48. The van der Waals surface area contributed by atoms with Gasteiger partial charge in [0, 0.05) is 28.8 Å².